The van der Waals surface area contributed by atoms with Gasteiger partial charge in [-0.25, -0.2) is 8.78 Å². The van der Waals surface area contributed by atoms with Gasteiger partial charge in [-0.1, -0.05) is 5.16 Å². The Labute approximate surface area is 117 Å². The average Bonchev–Trinajstić information content (AvgIpc) is 2.84. The van der Waals surface area contributed by atoms with E-state index in [1.807, 2.05) is 14.0 Å². The van der Waals surface area contributed by atoms with Crippen LogP contribution in [0.3, 0.4) is 0 Å². The van der Waals surface area contributed by atoms with E-state index in [4.69, 9.17) is 4.52 Å². The number of aromatic nitrogens is 2. The fourth-order valence-corrected chi connectivity index (χ4v) is 2.01. The van der Waals surface area contributed by atoms with E-state index >= 15 is 0 Å². The van der Waals surface area contributed by atoms with Gasteiger partial charge in [-0.15, -0.1) is 0 Å². The summed E-state index contributed by atoms with van der Waals surface area (Å²) in [4.78, 5) is 4.16. The number of benzene rings is 1. The number of nitrogens with one attached hydrogen (secondary N) is 1. The Morgan fingerprint density at radius 2 is 2.16 bits per heavy atom. The third-order valence-corrected chi connectivity index (χ3v) is 3.49. The molecular weight excluding hydrogens is 320 g/mol. The Morgan fingerprint density at radius 1 is 1.42 bits per heavy atom. The number of rotatable bonds is 4. The molecule has 1 aromatic heterocycles. The van der Waals surface area contributed by atoms with Crippen LogP contribution in [0.4, 0.5) is 8.78 Å². The van der Waals surface area contributed by atoms with Gasteiger partial charge in [-0.3, -0.25) is 0 Å². The minimum Gasteiger partial charge on any atom is -0.339 e. The minimum absolute atomic E-state index is 0.0125. The molecule has 1 aromatic carbocycles. The summed E-state index contributed by atoms with van der Waals surface area (Å²) in [5.74, 6) is -1.23. The molecule has 4 nitrogen and oxygen atoms in total. The SMILES string of the molecule is CNC(C)Cc1nc(-c2ccc(F)c(F)c2Br)no1. The van der Waals surface area contributed by atoms with Crippen LogP contribution < -0.4 is 5.32 Å². The van der Waals surface area contributed by atoms with Gasteiger partial charge in [0.05, 0.1) is 4.47 Å². The van der Waals surface area contributed by atoms with Gasteiger partial charge >= 0.3 is 0 Å². The first-order valence-corrected chi connectivity index (χ1v) is 6.46. The Hall–Kier alpha value is -1.34. The Kier molecular flexibility index (Phi) is 4.26. The van der Waals surface area contributed by atoms with Crippen molar-refractivity contribution in [2.45, 2.75) is 19.4 Å². The van der Waals surface area contributed by atoms with E-state index in [2.05, 4.69) is 31.4 Å². The van der Waals surface area contributed by atoms with E-state index in [-0.39, 0.29) is 16.3 Å². The summed E-state index contributed by atoms with van der Waals surface area (Å²) < 4.78 is 31.5. The highest BCUT2D eigenvalue weighted by Gasteiger charge is 2.17. The predicted octanol–water partition coefficient (Wildman–Crippen LogP) is 2.93. The summed E-state index contributed by atoms with van der Waals surface area (Å²) in [6.07, 6.45) is 0.560. The van der Waals surface area contributed by atoms with Crippen molar-refractivity contribution in [1.82, 2.24) is 15.5 Å². The van der Waals surface area contributed by atoms with Crippen LogP contribution in [-0.2, 0) is 6.42 Å². The first-order valence-electron chi connectivity index (χ1n) is 5.66. The van der Waals surface area contributed by atoms with Gasteiger partial charge < -0.3 is 9.84 Å². The molecule has 0 saturated heterocycles. The summed E-state index contributed by atoms with van der Waals surface area (Å²) in [7, 11) is 1.83. The first-order chi connectivity index (χ1) is 9.02. The monoisotopic (exact) mass is 331 g/mol. The van der Waals surface area contributed by atoms with Crippen molar-refractivity contribution in [3.8, 4) is 11.4 Å². The van der Waals surface area contributed by atoms with Crippen molar-refractivity contribution in [1.29, 1.82) is 0 Å². The van der Waals surface area contributed by atoms with Crippen molar-refractivity contribution < 1.29 is 13.3 Å². The minimum atomic E-state index is -0.965. The lowest BCUT2D eigenvalue weighted by molar-refractivity contribution is 0.365. The van der Waals surface area contributed by atoms with Gasteiger partial charge in [-0.05, 0) is 42.0 Å². The highest BCUT2D eigenvalue weighted by Crippen LogP contribution is 2.29. The summed E-state index contributed by atoms with van der Waals surface area (Å²) >= 11 is 2.99. The van der Waals surface area contributed by atoms with Crippen LogP contribution in [0.1, 0.15) is 12.8 Å². The Bertz CT molecular complexity index is 588. The molecule has 0 aliphatic heterocycles. The molecule has 0 aliphatic carbocycles. The number of nitrogens with zero attached hydrogens (tertiary/aromatic N) is 2. The van der Waals surface area contributed by atoms with Gasteiger partial charge in [0.15, 0.2) is 11.6 Å². The molecule has 1 N–H and O–H groups in total. The molecule has 2 rings (SSSR count). The van der Waals surface area contributed by atoms with E-state index in [0.717, 1.165) is 6.07 Å². The Morgan fingerprint density at radius 3 is 2.84 bits per heavy atom. The second kappa shape index (κ2) is 5.75. The van der Waals surface area contributed by atoms with Crippen LogP contribution in [-0.4, -0.2) is 23.2 Å². The topological polar surface area (TPSA) is 51.0 Å². The molecule has 0 radical (unpaired) electrons. The lowest BCUT2D eigenvalue weighted by Gasteiger charge is -2.04. The molecule has 7 heteroatoms. The second-order valence-electron chi connectivity index (χ2n) is 4.13. The third-order valence-electron chi connectivity index (χ3n) is 2.72. The molecule has 0 spiro atoms. The van der Waals surface area contributed by atoms with Crippen molar-refractivity contribution in [3.05, 3.63) is 34.1 Å². The molecule has 19 heavy (non-hydrogen) atoms. The smallest absolute Gasteiger partial charge is 0.228 e. The molecule has 0 aliphatic rings. The van der Waals surface area contributed by atoms with Gasteiger partial charge in [-0.2, -0.15) is 4.98 Å². The first kappa shape index (κ1) is 14.1. The maximum absolute atomic E-state index is 13.4. The zero-order chi connectivity index (χ0) is 14.0. The highest BCUT2D eigenvalue weighted by molar-refractivity contribution is 9.10. The molecule has 0 bridgehead atoms. The highest BCUT2D eigenvalue weighted by atomic mass is 79.9. The molecule has 0 fully saturated rings. The normalized spacial score (nSPS) is 12.7. The second-order valence-corrected chi connectivity index (χ2v) is 4.92. The van der Waals surface area contributed by atoms with Crippen LogP contribution >= 0.6 is 15.9 Å². The summed E-state index contributed by atoms with van der Waals surface area (Å²) in [5.41, 5.74) is 0.353. The van der Waals surface area contributed by atoms with E-state index in [0.29, 0.717) is 17.9 Å². The maximum Gasteiger partial charge on any atom is 0.228 e. The van der Waals surface area contributed by atoms with Crippen LogP contribution in [0.5, 0.6) is 0 Å². The van der Waals surface area contributed by atoms with Gasteiger partial charge in [0.2, 0.25) is 11.7 Å². The number of hydrogen-bond donors (Lipinski definition) is 1. The van der Waals surface area contributed by atoms with Crippen LogP contribution in [0, 0.1) is 11.6 Å². The van der Waals surface area contributed by atoms with Crippen molar-refractivity contribution in [3.63, 3.8) is 0 Å². The molecular formula is C12H12BrF2N3O. The van der Waals surface area contributed by atoms with Crippen molar-refractivity contribution >= 4 is 15.9 Å². The lowest BCUT2D eigenvalue weighted by atomic mass is 10.2. The number of halogens is 3. The van der Waals surface area contributed by atoms with Crippen molar-refractivity contribution in [2.75, 3.05) is 7.05 Å². The van der Waals surface area contributed by atoms with Crippen LogP contribution in [0.2, 0.25) is 0 Å². The molecule has 1 atom stereocenters. The van der Waals surface area contributed by atoms with Gasteiger partial charge in [0.25, 0.3) is 0 Å². The van der Waals surface area contributed by atoms with E-state index in [1.165, 1.54) is 6.07 Å². The standard InChI is InChI=1S/C12H12BrF2N3O/c1-6(16-2)5-9-17-12(18-19-9)7-3-4-8(14)11(15)10(7)13/h3-4,6,16H,5H2,1-2H3. The molecule has 0 saturated carbocycles. The van der Waals surface area contributed by atoms with Gasteiger partial charge in [0.1, 0.15) is 0 Å². The Balaban J connectivity index is 2.31. The van der Waals surface area contributed by atoms with E-state index < -0.39 is 11.6 Å². The quantitative estimate of drug-likeness (QED) is 0.875. The zero-order valence-corrected chi connectivity index (χ0v) is 12.0. The van der Waals surface area contributed by atoms with Crippen molar-refractivity contribution in [2.24, 2.45) is 0 Å². The fourth-order valence-electron chi connectivity index (χ4n) is 1.51. The third kappa shape index (κ3) is 2.98. The lowest BCUT2D eigenvalue weighted by Crippen LogP contribution is -2.23. The van der Waals surface area contributed by atoms with Crippen LogP contribution in [0.25, 0.3) is 11.4 Å². The molecule has 102 valence electrons. The predicted molar refractivity (Wildman–Crippen MR) is 69.6 cm³/mol. The summed E-state index contributed by atoms with van der Waals surface area (Å²) in [6, 6.07) is 2.61. The fraction of sp³-hybridized carbons (Fsp3) is 0.333. The molecule has 1 heterocycles. The largest absolute Gasteiger partial charge is 0.339 e. The number of likely N-dealkylation sites (N-methyl/N-ethyl adjacent to an activating group) is 1. The molecule has 1 unspecified atom stereocenters. The zero-order valence-electron chi connectivity index (χ0n) is 10.4. The van der Waals surface area contributed by atoms with E-state index in [9.17, 15) is 8.78 Å². The summed E-state index contributed by atoms with van der Waals surface area (Å²) in [5, 5.41) is 6.82. The average molecular weight is 332 g/mol. The molecule has 0 amide bonds. The molecule has 2 aromatic rings. The maximum atomic E-state index is 13.4. The van der Waals surface area contributed by atoms with E-state index in [1.54, 1.807) is 0 Å². The number of hydrogen-bond acceptors (Lipinski definition) is 4. The van der Waals surface area contributed by atoms with Gasteiger partial charge in [0, 0.05) is 18.0 Å². The van der Waals surface area contributed by atoms with Crippen LogP contribution in [0.15, 0.2) is 21.1 Å². The summed E-state index contributed by atoms with van der Waals surface area (Å²) in [6.45, 7) is 1.97.